The first kappa shape index (κ1) is 22.2. The van der Waals surface area contributed by atoms with Crippen LogP contribution in [0.5, 0.6) is 0 Å². The summed E-state index contributed by atoms with van der Waals surface area (Å²) in [4.78, 5) is 12.4. The summed E-state index contributed by atoms with van der Waals surface area (Å²) in [5.41, 5.74) is -0.222. The van der Waals surface area contributed by atoms with E-state index in [-0.39, 0.29) is 36.4 Å². The van der Waals surface area contributed by atoms with Crippen LogP contribution >= 0.6 is 0 Å². The van der Waals surface area contributed by atoms with Gasteiger partial charge < -0.3 is 5.32 Å². The molecule has 0 saturated carbocycles. The summed E-state index contributed by atoms with van der Waals surface area (Å²) >= 11 is 0. The summed E-state index contributed by atoms with van der Waals surface area (Å²) in [6.45, 7) is 0.390. The number of sulfonamides is 1. The molecule has 1 aliphatic heterocycles. The van der Waals surface area contributed by atoms with E-state index in [9.17, 15) is 30.8 Å². The Bertz CT molecular complexity index is 982. The fourth-order valence-corrected chi connectivity index (χ4v) is 4.73. The molecule has 1 N–H and O–H groups in total. The van der Waals surface area contributed by atoms with Gasteiger partial charge in [-0.1, -0.05) is 12.1 Å². The molecule has 10 heteroatoms. The van der Waals surface area contributed by atoms with Gasteiger partial charge in [0.15, 0.2) is 0 Å². The van der Waals surface area contributed by atoms with Crippen LogP contribution < -0.4 is 5.32 Å². The standard InChI is InChI=1S/C20H20F4N2O3S/c21-17-5-7-18(8-6-17)30(28,29)26-11-9-15(10-12-26)19(27)25-13-14-1-3-16(4-2-14)20(22,23)24/h1-8,15H,9-13H2,(H,25,27). The molecule has 2 aromatic rings. The fourth-order valence-electron chi connectivity index (χ4n) is 3.26. The second-order valence-electron chi connectivity index (χ2n) is 7.04. The van der Waals surface area contributed by atoms with E-state index in [0.29, 0.717) is 18.4 Å². The normalized spacial score (nSPS) is 16.4. The summed E-state index contributed by atoms with van der Waals surface area (Å²) in [5, 5.41) is 2.69. The van der Waals surface area contributed by atoms with Crippen LogP contribution in [0, 0.1) is 11.7 Å². The molecule has 1 amide bonds. The van der Waals surface area contributed by atoms with E-state index < -0.39 is 27.6 Å². The number of nitrogens with one attached hydrogen (secondary N) is 1. The summed E-state index contributed by atoms with van der Waals surface area (Å²) in [6.07, 6.45) is -3.78. The van der Waals surface area contributed by atoms with Crippen molar-refractivity contribution >= 4 is 15.9 Å². The van der Waals surface area contributed by atoms with Crippen molar-refractivity contribution in [3.05, 3.63) is 65.5 Å². The lowest BCUT2D eigenvalue weighted by Gasteiger charge is -2.30. The van der Waals surface area contributed by atoms with E-state index in [1.807, 2.05) is 0 Å². The SMILES string of the molecule is O=C(NCc1ccc(C(F)(F)F)cc1)C1CCN(S(=O)(=O)c2ccc(F)cc2)CC1. The minimum absolute atomic E-state index is 0.00546. The monoisotopic (exact) mass is 444 g/mol. The zero-order valence-electron chi connectivity index (χ0n) is 15.8. The van der Waals surface area contributed by atoms with E-state index in [0.717, 1.165) is 24.3 Å². The number of halogens is 4. The van der Waals surface area contributed by atoms with Crippen LogP contribution in [-0.4, -0.2) is 31.7 Å². The summed E-state index contributed by atoms with van der Waals surface area (Å²) in [7, 11) is -3.76. The van der Waals surface area contributed by atoms with Crippen LogP contribution in [0.15, 0.2) is 53.4 Å². The first-order chi connectivity index (χ1) is 14.1. The molecule has 1 aliphatic rings. The lowest BCUT2D eigenvalue weighted by atomic mass is 9.97. The molecule has 0 atom stereocenters. The van der Waals surface area contributed by atoms with Crippen LogP contribution in [0.25, 0.3) is 0 Å². The van der Waals surface area contributed by atoms with Crippen LogP contribution in [0.2, 0.25) is 0 Å². The Labute approximate surface area is 171 Å². The molecule has 0 aliphatic carbocycles. The number of amides is 1. The summed E-state index contributed by atoms with van der Waals surface area (Å²) < 4.78 is 77.3. The maximum Gasteiger partial charge on any atom is 0.416 e. The van der Waals surface area contributed by atoms with Crippen molar-refractivity contribution in [3.8, 4) is 0 Å². The number of carbonyl (C=O) groups is 1. The summed E-state index contributed by atoms with van der Waals surface area (Å²) in [6, 6.07) is 9.09. The maximum absolute atomic E-state index is 13.0. The fraction of sp³-hybridized carbons (Fsp3) is 0.350. The second kappa shape index (κ2) is 8.73. The van der Waals surface area contributed by atoms with Gasteiger partial charge in [-0.05, 0) is 54.8 Å². The van der Waals surface area contributed by atoms with Crippen molar-refractivity contribution < 1.29 is 30.8 Å². The molecule has 1 heterocycles. The molecule has 0 unspecified atom stereocenters. The Hall–Kier alpha value is -2.46. The Morgan fingerprint density at radius 3 is 2.10 bits per heavy atom. The van der Waals surface area contributed by atoms with Crippen LogP contribution in [0.1, 0.15) is 24.0 Å². The number of rotatable bonds is 5. The van der Waals surface area contributed by atoms with E-state index in [1.165, 1.54) is 28.6 Å². The van der Waals surface area contributed by atoms with E-state index in [2.05, 4.69) is 5.32 Å². The molecule has 2 aromatic carbocycles. The van der Waals surface area contributed by atoms with Gasteiger partial charge in [0.25, 0.3) is 0 Å². The van der Waals surface area contributed by atoms with Gasteiger partial charge in [-0.2, -0.15) is 17.5 Å². The van der Waals surface area contributed by atoms with Gasteiger partial charge in [-0.25, -0.2) is 12.8 Å². The number of nitrogens with zero attached hydrogens (tertiary/aromatic N) is 1. The van der Waals surface area contributed by atoms with Crippen molar-refractivity contribution in [1.82, 2.24) is 9.62 Å². The first-order valence-electron chi connectivity index (χ1n) is 9.27. The molecule has 0 aromatic heterocycles. The van der Waals surface area contributed by atoms with Crippen LogP contribution in [0.4, 0.5) is 17.6 Å². The minimum Gasteiger partial charge on any atom is -0.352 e. The average Bonchev–Trinajstić information content (AvgIpc) is 2.72. The average molecular weight is 444 g/mol. The topological polar surface area (TPSA) is 66.5 Å². The third-order valence-corrected chi connectivity index (χ3v) is 6.94. The molecule has 162 valence electrons. The predicted octanol–water partition coefficient (Wildman–Crippen LogP) is 3.56. The molecular weight excluding hydrogens is 424 g/mol. The largest absolute Gasteiger partial charge is 0.416 e. The van der Waals surface area contributed by atoms with E-state index in [1.54, 1.807) is 0 Å². The van der Waals surface area contributed by atoms with Crippen molar-refractivity contribution in [2.45, 2.75) is 30.5 Å². The van der Waals surface area contributed by atoms with Crippen molar-refractivity contribution in [2.24, 2.45) is 5.92 Å². The molecule has 1 fully saturated rings. The van der Waals surface area contributed by atoms with E-state index >= 15 is 0 Å². The van der Waals surface area contributed by atoms with Crippen LogP contribution in [0.3, 0.4) is 0 Å². The highest BCUT2D eigenvalue weighted by Crippen LogP contribution is 2.29. The third-order valence-electron chi connectivity index (χ3n) is 5.02. The third kappa shape index (κ3) is 5.17. The van der Waals surface area contributed by atoms with Gasteiger partial charge in [0.2, 0.25) is 15.9 Å². The minimum atomic E-state index is -4.41. The Kier molecular flexibility index (Phi) is 6.47. The number of hydrogen-bond donors (Lipinski definition) is 1. The van der Waals surface area contributed by atoms with Gasteiger partial charge >= 0.3 is 6.18 Å². The smallest absolute Gasteiger partial charge is 0.352 e. The second-order valence-corrected chi connectivity index (χ2v) is 8.98. The van der Waals surface area contributed by atoms with Gasteiger partial charge in [0.1, 0.15) is 5.82 Å². The number of piperidine rings is 1. The highest BCUT2D eigenvalue weighted by Gasteiger charge is 2.32. The van der Waals surface area contributed by atoms with Gasteiger partial charge in [0, 0.05) is 25.6 Å². The lowest BCUT2D eigenvalue weighted by Crippen LogP contribution is -2.42. The highest BCUT2D eigenvalue weighted by molar-refractivity contribution is 7.89. The number of alkyl halides is 3. The molecule has 0 spiro atoms. The van der Waals surface area contributed by atoms with Gasteiger partial charge in [-0.3, -0.25) is 4.79 Å². The highest BCUT2D eigenvalue weighted by atomic mass is 32.2. The van der Waals surface area contributed by atoms with E-state index in [4.69, 9.17) is 0 Å². The van der Waals surface area contributed by atoms with Crippen molar-refractivity contribution in [3.63, 3.8) is 0 Å². The quantitative estimate of drug-likeness (QED) is 0.718. The Balaban J connectivity index is 1.52. The molecule has 5 nitrogen and oxygen atoms in total. The predicted molar refractivity (Wildman–Crippen MR) is 101 cm³/mol. The molecular formula is C20H20F4N2O3S. The van der Waals surface area contributed by atoms with Gasteiger partial charge in [0.05, 0.1) is 10.5 Å². The number of carbonyl (C=O) groups excluding carboxylic acids is 1. The molecule has 3 rings (SSSR count). The zero-order valence-corrected chi connectivity index (χ0v) is 16.6. The number of benzene rings is 2. The molecule has 0 radical (unpaired) electrons. The zero-order chi connectivity index (χ0) is 21.9. The van der Waals surface area contributed by atoms with Crippen molar-refractivity contribution in [2.75, 3.05) is 13.1 Å². The Morgan fingerprint density at radius 1 is 1.00 bits per heavy atom. The van der Waals surface area contributed by atoms with Crippen LogP contribution in [-0.2, 0) is 27.5 Å². The molecule has 1 saturated heterocycles. The first-order valence-corrected chi connectivity index (χ1v) is 10.7. The molecule has 0 bridgehead atoms. The lowest BCUT2D eigenvalue weighted by molar-refractivity contribution is -0.137. The summed E-state index contributed by atoms with van der Waals surface area (Å²) in [5.74, 6) is -1.19. The number of hydrogen-bond acceptors (Lipinski definition) is 3. The molecule has 30 heavy (non-hydrogen) atoms. The Morgan fingerprint density at radius 2 is 1.57 bits per heavy atom. The van der Waals surface area contributed by atoms with Crippen molar-refractivity contribution in [1.29, 1.82) is 0 Å². The maximum atomic E-state index is 13.0. The van der Waals surface area contributed by atoms with Gasteiger partial charge in [-0.15, -0.1) is 0 Å².